The van der Waals surface area contributed by atoms with Crippen molar-refractivity contribution in [2.45, 2.75) is 45.0 Å². The Morgan fingerprint density at radius 2 is 1.45 bits per heavy atom. The summed E-state index contributed by atoms with van der Waals surface area (Å²) in [5.41, 5.74) is 1.40. The Bertz CT molecular complexity index is 1420. The van der Waals surface area contributed by atoms with Crippen molar-refractivity contribution in [3.63, 3.8) is 0 Å². The summed E-state index contributed by atoms with van der Waals surface area (Å²) in [6.07, 6.45) is -0.211. The molecule has 224 valence electrons. The minimum Gasteiger partial charge on any atom is -0.432 e. The highest BCUT2D eigenvalue weighted by atomic mass is 19.3. The average Bonchev–Trinajstić information content (AvgIpc) is 2.95. The van der Waals surface area contributed by atoms with E-state index < -0.39 is 53.2 Å². The van der Waals surface area contributed by atoms with Crippen LogP contribution in [0.5, 0.6) is 5.75 Å². The molecular weight excluding hydrogens is 565 g/mol. The Morgan fingerprint density at radius 1 is 0.786 bits per heavy atom. The minimum absolute atomic E-state index is 0.0564. The second-order valence-electron chi connectivity index (χ2n) is 10.9. The van der Waals surface area contributed by atoms with E-state index in [2.05, 4.69) is 4.74 Å². The van der Waals surface area contributed by atoms with Crippen molar-refractivity contribution in [2.24, 2.45) is 17.8 Å². The molecule has 1 saturated heterocycles. The van der Waals surface area contributed by atoms with Gasteiger partial charge in [0.15, 0.2) is 23.7 Å². The maximum absolute atomic E-state index is 14.9. The zero-order valence-electron chi connectivity index (χ0n) is 22.7. The largest absolute Gasteiger partial charge is 0.432 e. The molecule has 42 heavy (non-hydrogen) atoms. The predicted octanol–water partition coefficient (Wildman–Crippen LogP) is 9.22. The molecule has 0 spiro atoms. The van der Waals surface area contributed by atoms with Gasteiger partial charge in [0.25, 0.3) is 0 Å². The van der Waals surface area contributed by atoms with Crippen LogP contribution in [0.15, 0.2) is 54.6 Å². The molecule has 3 aromatic rings. The van der Waals surface area contributed by atoms with Crippen molar-refractivity contribution < 1.29 is 44.9 Å². The van der Waals surface area contributed by atoms with Crippen molar-refractivity contribution in [2.75, 3.05) is 13.2 Å². The van der Waals surface area contributed by atoms with Crippen LogP contribution >= 0.6 is 0 Å². The van der Waals surface area contributed by atoms with E-state index in [1.54, 1.807) is 30.4 Å². The Hall–Kier alpha value is -3.37. The zero-order valence-corrected chi connectivity index (χ0v) is 22.7. The fourth-order valence-electron chi connectivity index (χ4n) is 5.25. The van der Waals surface area contributed by atoms with Gasteiger partial charge in [-0.3, -0.25) is 0 Å². The first-order valence-corrected chi connectivity index (χ1v) is 13.7. The van der Waals surface area contributed by atoms with E-state index in [1.165, 1.54) is 18.2 Å². The van der Waals surface area contributed by atoms with Gasteiger partial charge in [-0.2, -0.15) is 8.78 Å². The summed E-state index contributed by atoms with van der Waals surface area (Å²) in [4.78, 5) is 0. The number of allylic oxidation sites excluding steroid dienone is 1. The molecule has 1 saturated carbocycles. The first kappa shape index (κ1) is 30.1. The van der Waals surface area contributed by atoms with Gasteiger partial charge in [-0.05, 0) is 49.3 Å². The predicted molar refractivity (Wildman–Crippen MR) is 142 cm³/mol. The summed E-state index contributed by atoms with van der Waals surface area (Å²) in [5, 5.41) is 0. The second-order valence-corrected chi connectivity index (χ2v) is 10.9. The molecule has 0 amide bonds. The van der Waals surface area contributed by atoms with Crippen LogP contribution in [-0.2, 0) is 9.47 Å². The third-order valence-corrected chi connectivity index (χ3v) is 7.65. The normalized spacial score (nSPS) is 23.3. The van der Waals surface area contributed by atoms with E-state index in [1.807, 2.05) is 6.92 Å². The van der Waals surface area contributed by atoms with Crippen LogP contribution in [0.4, 0.5) is 30.7 Å². The van der Waals surface area contributed by atoms with E-state index in [0.29, 0.717) is 49.3 Å². The number of benzene rings is 3. The standard InChI is InChI=1S/C32H29F7O3/c1-18-16-40-31(41-17-18)22-8-11-25(27(34)13-22)21-7-6-20(26(33)12-21)5-2-19-3-9-23(10-4-19)32(38,39)42-24-14-28(35)30(37)29(36)15-24/h2,5-8,11-15,18-19,23,31H,3-4,9-10,16-17H2,1H3/b5-2+. The summed E-state index contributed by atoms with van der Waals surface area (Å²) in [6.45, 7) is 3.02. The van der Waals surface area contributed by atoms with E-state index in [4.69, 9.17) is 9.47 Å². The molecule has 1 aliphatic heterocycles. The van der Waals surface area contributed by atoms with Crippen LogP contribution in [-0.4, -0.2) is 19.3 Å². The van der Waals surface area contributed by atoms with E-state index in [-0.39, 0.29) is 35.8 Å². The van der Waals surface area contributed by atoms with Crippen molar-refractivity contribution in [3.8, 4) is 16.9 Å². The van der Waals surface area contributed by atoms with Gasteiger partial charge in [0.2, 0.25) is 0 Å². The van der Waals surface area contributed by atoms with E-state index in [0.717, 1.165) is 0 Å². The summed E-state index contributed by atoms with van der Waals surface area (Å²) < 4.78 is 115. The highest BCUT2D eigenvalue weighted by Crippen LogP contribution is 2.41. The molecule has 0 radical (unpaired) electrons. The Balaban J connectivity index is 1.18. The number of rotatable bonds is 7. The van der Waals surface area contributed by atoms with E-state index in [9.17, 15) is 30.7 Å². The lowest BCUT2D eigenvalue weighted by Gasteiger charge is -2.32. The molecule has 0 unspecified atom stereocenters. The number of halogens is 7. The summed E-state index contributed by atoms with van der Waals surface area (Å²) in [7, 11) is 0. The second kappa shape index (κ2) is 12.5. The molecule has 3 nitrogen and oxygen atoms in total. The molecule has 2 aliphatic rings. The maximum atomic E-state index is 14.9. The maximum Gasteiger partial charge on any atom is 0.400 e. The summed E-state index contributed by atoms with van der Waals surface area (Å²) in [6, 6.07) is 9.69. The molecular formula is C32H29F7O3. The van der Waals surface area contributed by atoms with Crippen LogP contribution in [0.3, 0.4) is 0 Å². The average molecular weight is 595 g/mol. The zero-order chi connectivity index (χ0) is 30.0. The molecule has 10 heteroatoms. The molecule has 5 rings (SSSR count). The van der Waals surface area contributed by atoms with Gasteiger partial charge in [0, 0.05) is 34.7 Å². The summed E-state index contributed by atoms with van der Waals surface area (Å²) >= 11 is 0. The van der Waals surface area contributed by atoms with Gasteiger partial charge >= 0.3 is 6.11 Å². The lowest BCUT2D eigenvalue weighted by molar-refractivity contribution is -0.223. The Kier molecular flexibility index (Phi) is 8.94. The van der Waals surface area contributed by atoms with Crippen LogP contribution in [0.2, 0.25) is 0 Å². The molecule has 0 bridgehead atoms. The molecule has 0 atom stereocenters. The van der Waals surface area contributed by atoms with Crippen molar-refractivity contribution in [3.05, 3.63) is 94.8 Å². The van der Waals surface area contributed by atoms with Crippen molar-refractivity contribution in [1.82, 2.24) is 0 Å². The van der Waals surface area contributed by atoms with Crippen LogP contribution in [0.1, 0.15) is 50.0 Å². The molecule has 0 N–H and O–H groups in total. The molecule has 1 aliphatic carbocycles. The lowest BCUT2D eigenvalue weighted by atomic mass is 9.81. The lowest BCUT2D eigenvalue weighted by Crippen LogP contribution is -2.37. The fraction of sp³-hybridized carbons (Fsp3) is 0.375. The molecule has 1 heterocycles. The third-order valence-electron chi connectivity index (χ3n) is 7.65. The van der Waals surface area contributed by atoms with Crippen molar-refractivity contribution in [1.29, 1.82) is 0 Å². The quantitative estimate of drug-likeness (QED) is 0.202. The smallest absolute Gasteiger partial charge is 0.400 e. The molecule has 0 aromatic heterocycles. The monoisotopic (exact) mass is 594 g/mol. The topological polar surface area (TPSA) is 27.7 Å². The van der Waals surface area contributed by atoms with Gasteiger partial charge in [-0.1, -0.05) is 43.3 Å². The van der Waals surface area contributed by atoms with Crippen LogP contribution < -0.4 is 4.74 Å². The van der Waals surface area contributed by atoms with Crippen LogP contribution in [0, 0.1) is 46.8 Å². The SMILES string of the molecule is CC1COC(c2ccc(-c3ccc(/C=C/C4CCC(C(F)(F)Oc5cc(F)c(F)c(F)c5)CC4)c(F)c3)c(F)c2)OC1. The molecule has 3 aromatic carbocycles. The first-order chi connectivity index (χ1) is 20.0. The number of alkyl halides is 2. The fourth-order valence-corrected chi connectivity index (χ4v) is 5.25. The highest BCUT2D eigenvalue weighted by Gasteiger charge is 2.44. The minimum atomic E-state index is -3.71. The number of ether oxygens (including phenoxy) is 3. The highest BCUT2D eigenvalue weighted by molar-refractivity contribution is 5.67. The van der Waals surface area contributed by atoms with E-state index >= 15 is 0 Å². The third kappa shape index (κ3) is 6.81. The van der Waals surface area contributed by atoms with Crippen molar-refractivity contribution >= 4 is 6.08 Å². The summed E-state index contributed by atoms with van der Waals surface area (Å²) in [5.74, 6) is -7.95. The van der Waals surface area contributed by atoms with Gasteiger partial charge < -0.3 is 14.2 Å². The Labute approximate surface area is 238 Å². The van der Waals surface area contributed by atoms with Gasteiger partial charge in [0.1, 0.15) is 17.4 Å². The number of hydrogen-bond donors (Lipinski definition) is 0. The molecule has 2 fully saturated rings. The Morgan fingerprint density at radius 3 is 2.07 bits per heavy atom. The first-order valence-electron chi connectivity index (χ1n) is 13.7. The van der Waals surface area contributed by atoms with Crippen LogP contribution in [0.25, 0.3) is 17.2 Å². The van der Waals surface area contributed by atoms with Gasteiger partial charge in [0.05, 0.1) is 19.1 Å². The van der Waals surface area contributed by atoms with Gasteiger partial charge in [-0.15, -0.1) is 0 Å². The van der Waals surface area contributed by atoms with Gasteiger partial charge in [-0.25, -0.2) is 22.0 Å². The number of hydrogen-bond acceptors (Lipinski definition) is 3.